The van der Waals surface area contributed by atoms with Crippen LogP contribution in [0.5, 0.6) is 0 Å². The number of fused-ring (bicyclic) bond motifs is 2. The van der Waals surface area contributed by atoms with Crippen LogP contribution in [0.3, 0.4) is 0 Å². The molecule has 2 amide bonds. The molecule has 0 radical (unpaired) electrons. The van der Waals surface area contributed by atoms with Crippen LogP contribution >= 0.6 is 11.8 Å². The van der Waals surface area contributed by atoms with Crippen molar-refractivity contribution in [3.63, 3.8) is 0 Å². The van der Waals surface area contributed by atoms with Gasteiger partial charge in [0.15, 0.2) is 5.43 Å². The molecule has 4 fully saturated rings. The van der Waals surface area contributed by atoms with Crippen molar-refractivity contribution in [3.05, 3.63) is 50.5 Å². The number of amides is 2. The smallest absolute Gasteiger partial charge is 0.545 e. The number of nitrogens with zero attached hydrogens (tertiary/aromatic N) is 3. The fraction of sp³-hybridized carbons (Fsp3) is 0.531. The number of carboxylic acids is 2. The zero-order chi connectivity index (χ0) is 33.5. The SMILES string of the molecule is C[C@@H](O)[C@H]1C(=O)N2C(C(=O)[O-])=C(S[C@@H]3CN[C@H](C(=O)N[C@H]4CCN(c5cc6c(cc5F)c(=O)c(C(=O)[O-])cn6C5CC5)C4)C3)[C@H](C)[C@H]12.[Na+].[Na+]. The molecule has 5 aliphatic rings. The predicted molar refractivity (Wildman–Crippen MR) is 164 cm³/mol. The first-order valence-electron chi connectivity index (χ1n) is 15.9. The Kier molecular flexibility index (Phi) is 11.4. The van der Waals surface area contributed by atoms with Gasteiger partial charge in [0.25, 0.3) is 0 Å². The van der Waals surface area contributed by atoms with Gasteiger partial charge in [-0.2, -0.15) is 0 Å². The molecule has 1 aromatic heterocycles. The van der Waals surface area contributed by atoms with Crippen molar-refractivity contribution < 1.29 is 98.0 Å². The first-order valence-corrected chi connectivity index (χ1v) is 16.7. The molecular formula is C32H34FN5Na2O8S. The second-order valence-corrected chi connectivity index (χ2v) is 14.6. The summed E-state index contributed by atoms with van der Waals surface area (Å²) in [6.45, 7) is 4.59. The van der Waals surface area contributed by atoms with Crippen LogP contribution in [-0.2, 0) is 14.4 Å². The number of hydrogen-bond acceptors (Lipinski definition) is 11. The van der Waals surface area contributed by atoms with E-state index in [1.807, 2.05) is 6.92 Å². The number of aliphatic hydroxyl groups is 1. The number of carboxylic acid groups (broad SMARTS) is 2. The third kappa shape index (κ3) is 6.75. The van der Waals surface area contributed by atoms with Crippen LogP contribution in [0.1, 0.15) is 55.9 Å². The molecule has 250 valence electrons. The Morgan fingerprint density at radius 3 is 2.47 bits per heavy atom. The Labute approximate surface area is 329 Å². The normalized spacial score (nSPS) is 28.1. The Hall–Kier alpha value is -1.95. The number of aromatic nitrogens is 1. The first kappa shape index (κ1) is 38.3. The molecule has 7 atom stereocenters. The van der Waals surface area contributed by atoms with E-state index in [-0.39, 0.29) is 105 Å². The molecule has 5 heterocycles. The summed E-state index contributed by atoms with van der Waals surface area (Å²) in [7, 11) is 0. The predicted octanol–water partition coefficient (Wildman–Crippen LogP) is -7.18. The molecule has 4 aliphatic heterocycles. The van der Waals surface area contributed by atoms with Gasteiger partial charge in [0, 0.05) is 59.4 Å². The minimum absolute atomic E-state index is 0. The van der Waals surface area contributed by atoms with Crippen molar-refractivity contribution in [3.8, 4) is 0 Å². The molecule has 1 aliphatic carbocycles. The van der Waals surface area contributed by atoms with Crippen LogP contribution in [0.15, 0.2) is 33.7 Å². The summed E-state index contributed by atoms with van der Waals surface area (Å²) in [6, 6.07) is 1.44. The maximum absolute atomic E-state index is 15.4. The molecule has 3 saturated heterocycles. The van der Waals surface area contributed by atoms with Gasteiger partial charge in [-0.15, -0.1) is 11.8 Å². The fourth-order valence-electron chi connectivity index (χ4n) is 7.64. The number of rotatable bonds is 9. The van der Waals surface area contributed by atoms with Gasteiger partial charge in [0.2, 0.25) is 11.8 Å². The van der Waals surface area contributed by atoms with Gasteiger partial charge in [-0.1, -0.05) is 6.92 Å². The number of β-lactam (4-membered cyclic amide) rings is 1. The van der Waals surface area contributed by atoms with E-state index in [1.165, 1.54) is 29.8 Å². The van der Waals surface area contributed by atoms with Gasteiger partial charge in [0.1, 0.15) is 5.82 Å². The van der Waals surface area contributed by atoms with Gasteiger partial charge in [-0.3, -0.25) is 14.4 Å². The van der Waals surface area contributed by atoms with E-state index in [0.717, 1.165) is 18.9 Å². The molecule has 0 unspecified atom stereocenters. The molecule has 49 heavy (non-hydrogen) atoms. The number of hydrogen-bond donors (Lipinski definition) is 3. The average molecular weight is 714 g/mol. The Bertz CT molecular complexity index is 1820. The van der Waals surface area contributed by atoms with Crippen LogP contribution < -0.4 is 90.3 Å². The number of thioether (sulfide) groups is 1. The largest absolute Gasteiger partial charge is 1.00 e. The standard InChI is InChI=1S/C32H36FN5O8S.2Na/c1-13-25-24(14(2)39)30(42)38(25)26(32(45)46)28(13)47-17-7-21(34-10-17)29(41)35-15-5-6-36(11-15)23-9-22-18(8-20(23)33)27(40)19(31(43)44)12-37(22)16-3-4-16;;/h8-9,12-17,21,24-25,34,39H,3-7,10-11H2,1-2H3,(H,35,41)(H,43,44)(H,45,46);;/q;2*+1/p-2/t13-,14-,15+,17+,21+,24-,25-;;/m1../s1. The van der Waals surface area contributed by atoms with Gasteiger partial charge in [-0.05, 0) is 44.7 Å². The molecule has 3 N–H and O–H groups in total. The topological polar surface area (TPSA) is 187 Å². The molecule has 0 spiro atoms. The van der Waals surface area contributed by atoms with E-state index >= 15 is 4.39 Å². The molecule has 0 bridgehead atoms. The summed E-state index contributed by atoms with van der Waals surface area (Å²) in [5.74, 6) is -5.32. The van der Waals surface area contributed by atoms with Crippen molar-refractivity contribution in [1.29, 1.82) is 0 Å². The van der Waals surface area contributed by atoms with Crippen LogP contribution in [0.2, 0.25) is 0 Å². The zero-order valence-corrected chi connectivity index (χ0v) is 32.5. The molecular weight excluding hydrogens is 679 g/mol. The average Bonchev–Trinajstić information content (AvgIpc) is 3.46. The number of halogens is 1. The minimum Gasteiger partial charge on any atom is -0.545 e. The third-order valence-corrected chi connectivity index (χ3v) is 11.7. The van der Waals surface area contributed by atoms with Crippen molar-refractivity contribution in [1.82, 2.24) is 20.1 Å². The second-order valence-electron chi connectivity index (χ2n) is 13.2. The molecule has 1 saturated carbocycles. The maximum atomic E-state index is 15.4. The van der Waals surface area contributed by atoms with Crippen LogP contribution in [0.4, 0.5) is 10.1 Å². The second kappa shape index (κ2) is 14.6. The molecule has 13 nitrogen and oxygen atoms in total. The van der Waals surface area contributed by atoms with Crippen molar-refractivity contribution in [2.24, 2.45) is 11.8 Å². The molecule has 1 aromatic carbocycles. The van der Waals surface area contributed by atoms with Gasteiger partial charge in [0.05, 0.1) is 58.5 Å². The summed E-state index contributed by atoms with van der Waals surface area (Å²) >= 11 is 1.33. The molecule has 7 rings (SSSR count). The summed E-state index contributed by atoms with van der Waals surface area (Å²) in [5, 5.41) is 39.8. The number of aliphatic hydroxyl groups excluding tert-OH is 1. The summed E-state index contributed by atoms with van der Waals surface area (Å²) < 4.78 is 17.1. The number of anilines is 1. The van der Waals surface area contributed by atoms with Crippen molar-refractivity contribution in [2.45, 2.75) is 75.1 Å². The van der Waals surface area contributed by atoms with Crippen LogP contribution in [0.25, 0.3) is 10.9 Å². The Morgan fingerprint density at radius 2 is 1.84 bits per heavy atom. The zero-order valence-electron chi connectivity index (χ0n) is 27.7. The van der Waals surface area contributed by atoms with E-state index in [9.17, 15) is 39.3 Å². The molecule has 2 aromatic rings. The summed E-state index contributed by atoms with van der Waals surface area (Å²) in [4.78, 5) is 65.8. The minimum atomic E-state index is -1.60. The van der Waals surface area contributed by atoms with E-state index in [4.69, 9.17) is 0 Å². The number of carbonyl (C=O) groups is 4. The van der Waals surface area contributed by atoms with Crippen LogP contribution in [0, 0.1) is 17.7 Å². The third-order valence-electron chi connectivity index (χ3n) is 10.1. The van der Waals surface area contributed by atoms with Gasteiger partial charge in [-0.25, -0.2) is 4.39 Å². The number of carbonyl (C=O) groups excluding carboxylic acids is 4. The van der Waals surface area contributed by atoms with E-state index in [2.05, 4.69) is 10.6 Å². The number of pyridine rings is 1. The van der Waals surface area contributed by atoms with E-state index < -0.39 is 58.8 Å². The summed E-state index contributed by atoms with van der Waals surface area (Å²) in [6.07, 6.45) is 3.00. The summed E-state index contributed by atoms with van der Waals surface area (Å²) in [5.41, 5.74) is -0.716. The quantitative estimate of drug-likeness (QED) is 0.166. The number of benzene rings is 1. The number of aliphatic carboxylic acids is 1. The van der Waals surface area contributed by atoms with Crippen molar-refractivity contribution in [2.75, 3.05) is 24.5 Å². The van der Waals surface area contributed by atoms with Crippen molar-refractivity contribution >= 4 is 52.1 Å². The first-order chi connectivity index (χ1) is 22.3. The van der Waals surface area contributed by atoms with E-state index in [0.29, 0.717) is 42.9 Å². The van der Waals surface area contributed by atoms with Crippen LogP contribution in [-0.4, -0.2) is 87.4 Å². The Morgan fingerprint density at radius 1 is 1.12 bits per heavy atom. The van der Waals surface area contributed by atoms with E-state index in [1.54, 1.807) is 15.5 Å². The van der Waals surface area contributed by atoms with Gasteiger partial charge < -0.3 is 49.9 Å². The Balaban J connectivity index is 0.00000234. The maximum Gasteiger partial charge on any atom is 1.00 e. The molecule has 17 heteroatoms. The monoisotopic (exact) mass is 713 g/mol. The number of aromatic carboxylic acids is 1. The number of nitrogens with one attached hydrogen (secondary N) is 2. The van der Waals surface area contributed by atoms with Gasteiger partial charge >= 0.3 is 59.1 Å². The fourth-order valence-corrected chi connectivity index (χ4v) is 9.12.